The lowest BCUT2D eigenvalue weighted by Crippen LogP contribution is -2.56. The number of morpholine rings is 1. The monoisotopic (exact) mass is 420 g/mol. The maximum atomic E-state index is 5.82. The molecule has 0 aromatic heterocycles. The topological polar surface area (TPSA) is 67.4 Å². The Kier molecular flexibility index (Phi) is 7.05. The van der Waals surface area contributed by atoms with Gasteiger partial charge in [-0.05, 0) is 31.2 Å². The minimum absolute atomic E-state index is 0.140. The van der Waals surface area contributed by atoms with Crippen molar-refractivity contribution in [3.05, 3.63) is 18.2 Å². The summed E-state index contributed by atoms with van der Waals surface area (Å²) in [6, 6.07) is 5.98. The molecule has 7 nitrogen and oxygen atoms in total. The number of thioether (sulfide) groups is 1. The van der Waals surface area contributed by atoms with Crippen LogP contribution in [0.1, 0.15) is 19.8 Å². The van der Waals surface area contributed by atoms with Crippen molar-refractivity contribution in [3.63, 3.8) is 0 Å². The number of aliphatic imine (C=N–C) groups is 1. The van der Waals surface area contributed by atoms with Crippen LogP contribution in [0, 0.1) is 0 Å². The molecule has 2 saturated heterocycles. The third kappa shape index (κ3) is 5.10. The lowest BCUT2D eigenvalue weighted by atomic mass is 9.96. The summed E-state index contributed by atoms with van der Waals surface area (Å²) in [5.74, 6) is 4.76. The molecule has 8 heteroatoms. The molecule has 1 unspecified atom stereocenters. The third-order valence-corrected chi connectivity index (χ3v) is 6.88. The fourth-order valence-electron chi connectivity index (χ4n) is 4.02. The van der Waals surface area contributed by atoms with E-state index in [0.29, 0.717) is 13.2 Å². The van der Waals surface area contributed by atoms with Gasteiger partial charge in [-0.15, -0.1) is 0 Å². The number of nitrogens with one attached hydrogen (secondary N) is 2. The first-order valence-electron chi connectivity index (χ1n) is 10.6. The lowest BCUT2D eigenvalue weighted by Gasteiger charge is -2.42. The van der Waals surface area contributed by atoms with Crippen LogP contribution in [0.5, 0.6) is 11.5 Å². The zero-order valence-corrected chi connectivity index (χ0v) is 18.1. The maximum absolute atomic E-state index is 5.82. The van der Waals surface area contributed by atoms with E-state index < -0.39 is 0 Å². The Bertz CT molecular complexity index is 703. The van der Waals surface area contributed by atoms with Gasteiger partial charge in [0.25, 0.3) is 0 Å². The minimum Gasteiger partial charge on any atom is -0.490 e. The number of fused-ring (bicyclic) bond motifs is 1. The highest BCUT2D eigenvalue weighted by Gasteiger charge is 2.40. The van der Waals surface area contributed by atoms with Crippen molar-refractivity contribution >= 4 is 23.4 Å². The SMILES string of the molecule is CCNC(=NCC1(N2CCOCC2)CCSC1)Nc1ccc2c(c1)OCCCO2. The Morgan fingerprint density at radius 3 is 2.76 bits per heavy atom. The molecule has 4 rings (SSSR count). The number of guanidine groups is 1. The second-order valence-corrected chi connectivity index (χ2v) is 8.76. The fourth-order valence-corrected chi connectivity index (χ4v) is 5.49. The molecule has 0 spiro atoms. The van der Waals surface area contributed by atoms with Crippen molar-refractivity contribution in [2.24, 2.45) is 4.99 Å². The molecule has 0 aliphatic carbocycles. The van der Waals surface area contributed by atoms with E-state index in [1.165, 1.54) is 12.2 Å². The first kappa shape index (κ1) is 20.6. The summed E-state index contributed by atoms with van der Waals surface area (Å²) in [6.45, 7) is 8.74. The molecule has 160 valence electrons. The summed E-state index contributed by atoms with van der Waals surface area (Å²) in [7, 11) is 0. The van der Waals surface area contributed by atoms with E-state index in [1.54, 1.807) is 0 Å². The van der Waals surface area contributed by atoms with Gasteiger partial charge in [0, 0.05) is 43.6 Å². The molecule has 0 bridgehead atoms. The molecule has 1 aromatic carbocycles. The van der Waals surface area contributed by atoms with Crippen LogP contribution >= 0.6 is 11.8 Å². The summed E-state index contributed by atoms with van der Waals surface area (Å²) in [4.78, 5) is 7.59. The summed E-state index contributed by atoms with van der Waals surface area (Å²) in [5.41, 5.74) is 1.09. The van der Waals surface area contributed by atoms with E-state index in [-0.39, 0.29) is 5.54 Å². The van der Waals surface area contributed by atoms with Gasteiger partial charge in [-0.2, -0.15) is 11.8 Å². The number of hydrogen-bond acceptors (Lipinski definition) is 6. The molecule has 2 fully saturated rings. The maximum Gasteiger partial charge on any atom is 0.195 e. The largest absolute Gasteiger partial charge is 0.490 e. The molecule has 0 amide bonds. The predicted molar refractivity (Wildman–Crippen MR) is 119 cm³/mol. The number of rotatable bonds is 5. The zero-order chi connectivity index (χ0) is 19.9. The average molecular weight is 421 g/mol. The quantitative estimate of drug-likeness (QED) is 0.560. The average Bonchev–Trinajstić information content (AvgIpc) is 3.12. The lowest BCUT2D eigenvalue weighted by molar-refractivity contribution is -0.0104. The Hall–Kier alpha value is -1.64. The smallest absolute Gasteiger partial charge is 0.195 e. The van der Waals surface area contributed by atoms with Gasteiger partial charge in [0.15, 0.2) is 17.5 Å². The second kappa shape index (κ2) is 9.91. The predicted octanol–water partition coefficient (Wildman–Crippen LogP) is 2.43. The van der Waals surface area contributed by atoms with Crippen LogP contribution < -0.4 is 20.1 Å². The van der Waals surface area contributed by atoms with Gasteiger partial charge in [0.2, 0.25) is 0 Å². The van der Waals surface area contributed by atoms with Crippen molar-refractivity contribution in [3.8, 4) is 11.5 Å². The summed E-state index contributed by atoms with van der Waals surface area (Å²) < 4.78 is 17.1. The van der Waals surface area contributed by atoms with Crippen molar-refractivity contribution in [2.75, 3.05) is 69.4 Å². The van der Waals surface area contributed by atoms with Gasteiger partial charge < -0.3 is 24.8 Å². The van der Waals surface area contributed by atoms with Crippen LogP contribution in [0.15, 0.2) is 23.2 Å². The van der Waals surface area contributed by atoms with E-state index in [4.69, 9.17) is 19.2 Å². The number of anilines is 1. The van der Waals surface area contributed by atoms with Crippen LogP contribution in [0.3, 0.4) is 0 Å². The van der Waals surface area contributed by atoms with Crippen LogP contribution in [0.25, 0.3) is 0 Å². The highest BCUT2D eigenvalue weighted by molar-refractivity contribution is 7.99. The molecule has 1 aromatic rings. The van der Waals surface area contributed by atoms with Crippen molar-refractivity contribution in [1.29, 1.82) is 0 Å². The summed E-state index contributed by atoms with van der Waals surface area (Å²) >= 11 is 2.04. The van der Waals surface area contributed by atoms with Crippen molar-refractivity contribution in [1.82, 2.24) is 10.2 Å². The number of hydrogen-bond donors (Lipinski definition) is 2. The highest BCUT2D eigenvalue weighted by Crippen LogP contribution is 2.35. The number of benzene rings is 1. The molecule has 3 aliphatic heterocycles. The first-order valence-corrected chi connectivity index (χ1v) is 11.8. The summed E-state index contributed by atoms with van der Waals surface area (Å²) in [5, 5.41) is 6.83. The van der Waals surface area contributed by atoms with Crippen LogP contribution in [-0.4, -0.2) is 80.5 Å². The molecule has 0 saturated carbocycles. The normalized spacial score (nSPS) is 25.5. The fraction of sp³-hybridized carbons (Fsp3) is 0.667. The standard InChI is InChI=1S/C21H32N4O3S/c1-2-22-20(24-17-4-5-18-19(14-17)28-10-3-9-27-18)23-15-21(6-13-29-16-21)25-7-11-26-12-8-25/h4-5,14H,2-3,6-13,15-16H2,1H3,(H2,22,23,24). The molecular weight excluding hydrogens is 388 g/mol. The van der Waals surface area contributed by atoms with E-state index in [0.717, 1.165) is 74.7 Å². The third-order valence-electron chi connectivity index (χ3n) is 5.65. The summed E-state index contributed by atoms with van der Waals surface area (Å²) in [6.07, 6.45) is 2.09. The Morgan fingerprint density at radius 2 is 2.00 bits per heavy atom. The van der Waals surface area contributed by atoms with Crippen LogP contribution in [-0.2, 0) is 4.74 Å². The van der Waals surface area contributed by atoms with Gasteiger partial charge >= 0.3 is 0 Å². The van der Waals surface area contributed by atoms with Gasteiger partial charge in [0.1, 0.15) is 0 Å². The van der Waals surface area contributed by atoms with E-state index >= 15 is 0 Å². The van der Waals surface area contributed by atoms with Crippen molar-refractivity contribution < 1.29 is 14.2 Å². The zero-order valence-electron chi connectivity index (χ0n) is 17.2. The molecule has 0 radical (unpaired) electrons. The Balaban J connectivity index is 1.48. The molecule has 29 heavy (non-hydrogen) atoms. The number of nitrogens with zero attached hydrogens (tertiary/aromatic N) is 2. The van der Waals surface area contributed by atoms with Gasteiger partial charge in [-0.3, -0.25) is 9.89 Å². The molecule has 1 atom stereocenters. The molecule has 3 aliphatic rings. The van der Waals surface area contributed by atoms with Gasteiger partial charge in [-0.1, -0.05) is 0 Å². The Morgan fingerprint density at radius 1 is 1.17 bits per heavy atom. The van der Waals surface area contributed by atoms with E-state index in [1.807, 2.05) is 30.0 Å². The van der Waals surface area contributed by atoms with Crippen LogP contribution in [0.2, 0.25) is 0 Å². The van der Waals surface area contributed by atoms with E-state index in [9.17, 15) is 0 Å². The van der Waals surface area contributed by atoms with Gasteiger partial charge in [0.05, 0.1) is 38.5 Å². The minimum atomic E-state index is 0.140. The van der Waals surface area contributed by atoms with E-state index in [2.05, 4.69) is 22.5 Å². The van der Waals surface area contributed by atoms with Crippen LogP contribution in [0.4, 0.5) is 5.69 Å². The van der Waals surface area contributed by atoms with Gasteiger partial charge in [-0.25, -0.2) is 0 Å². The highest BCUT2D eigenvalue weighted by atomic mass is 32.2. The molecular formula is C21H32N4O3S. The molecule has 2 N–H and O–H groups in total. The van der Waals surface area contributed by atoms with Crippen molar-refractivity contribution in [2.45, 2.75) is 25.3 Å². The Labute approximate surface area is 177 Å². The first-order chi connectivity index (χ1) is 14.3. The number of ether oxygens (including phenoxy) is 3. The second-order valence-electron chi connectivity index (χ2n) is 7.66. The molecule has 3 heterocycles.